The highest BCUT2D eigenvalue weighted by Crippen LogP contribution is 2.16. The monoisotopic (exact) mass is 231 g/mol. The summed E-state index contributed by atoms with van der Waals surface area (Å²) in [5, 5.41) is 6.66. The number of para-hydroxylation sites is 2. The van der Waals surface area contributed by atoms with Gasteiger partial charge in [0.2, 0.25) is 5.91 Å². The molecule has 0 saturated carbocycles. The summed E-state index contributed by atoms with van der Waals surface area (Å²) >= 11 is 0. The molecular formula is C11H13N5O. The number of anilines is 2. The van der Waals surface area contributed by atoms with Crippen molar-refractivity contribution in [2.75, 3.05) is 11.1 Å². The van der Waals surface area contributed by atoms with E-state index in [1.165, 1.54) is 6.33 Å². The van der Waals surface area contributed by atoms with E-state index in [0.717, 1.165) is 0 Å². The predicted molar refractivity (Wildman–Crippen MR) is 64.1 cm³/mol. The molecule has 0 aliphatic carbocycles. The molecule has 0 radical (unpaired) electrons. The van der Waals surface area contributed by atoms with Gasteiger partial charge in [-0.25, -0.2) is 4.98 Å². The SMILES string of the molecule is Nc1ccccc1NC(=O)CCn1cncn1. The molecule has 88 valence electrons. The van der Waals surface area contributed by atoms with Gasteiger partial charge in [0, 0.05) is 6.42 Å². The summed E-state index contributed by atoms with van der Waals surface area (Å²) < 4.78 is 1.61. The minimum Gasteiger partial charge on any atom is -0.397 e. The molecule has 2 rings (SSSR count). The molecule has 3 N–H and O–H groups in total. The Hall–Kier alpha value is -2.37. The van der Waals surface area contributed by atoms with Crippen LogP contribution in [0.3, 0.4) is 0 Å². The average Bonchev–Trinajstić information content (AvgIpc) is 2.82. The highest BCUT2D eigenvalue weighted by molar-refractivity contribution is 5.93. The molecule has 6 heteroatoms. The van der Waals surface area contributed by atoms with Crippen molar-refractivity contribution in [3.05, 3.63) is 36.9 Å². The largest absolute Gasteiger partial charge is 0.397 e. The van der Waals surface area contributed by atoms with Gasteiger partial charge in [0.05, 0.1) is 17.9 Å². The summed E-state index contributed by atoms with van der Waals surface area (Å²) in [6, 6.07) is 7.15. The van der Waals surface area contributed by atoms with Crippen molar-refractivity contribution in [2.45, 2.75) is 13.0 Å². The Bertz CT molecular complexity index is 494. The number of hydrogen-bond acceptors (Lipinski definition) is 4. The van der Waals surface area contributed by atoms with Gasteiger partial charge in [-0.3, -0.25) is 9.48 Å². The fourth-order valence-corrected chi connectivity index (χ4v) is 1.39. The van der Waals surface area contributed by atoms with Gasteiger partial charge in [0.15, 0.2) is 0 Å². The first-order chi connectivity index (χ1) is 8.25. The molecule has 0 unspecified atom stereocenters. The molecule has 0 aliphatic heterocycles. The van der Waals surface area contributed by atoms with Crippen molar-refractivity contribution < 1.29 is 4.79 Å². The van der Waals surface area contributed by atoms with E-state index in [-0.39, 0.29) is 5.91 Å². The maximum Gasteiger partial charge on any atom is 0.226 e. The highest BCUT2D eigenvalue weighted by atomic mass is 16.1. The van der Waals surface area contributed by atoms with Gasteiger partial charge < -0.3 is 11.1 Å². The number of nitrogens with zero attached hydrogens (tertiary/aromatic N) is 3. The maximum atomic E-state index is 11.6. The molecule has 17 heavy (non-hydrogen) atoms. The predicted octanol–water partition coefficient (Wildman–Crippen LogP) is 0.889. The Morgan fingerprint density at radius 2 is 2.24 bits per heavy atom. The second-order valence-electron chi connectivity index (χ2n) is 3.54. The van der Waals surface area contributed by atoms with Gasteiger partial charge in [-0.2, -0.15) is 5.10 Å². The molecule has 0 atom stereocenters. The quantitative estimate of drug-likeness (QED) is 0.765. The summed E-state index contributed by atoms with van der Waals surface area (Å²) in [4.78, 5) is 15.4. The Morgan fingerprint density at radius 3 is 2.94 bits per heavy atom. The van der Waals surface area contributed by atoms with E-state index in [9.17, 15) is 4.79 Å². The normalized spacial score (nSPS) is 10.1. The molecule has 0 aliphatic rings. The molecule has 0 spiro atoms. The van der Waals surface area contributed by atoms with Gasteiger partial charge in [-0.05, 0) is 12.1 Å². The van der Waals surface area contributed by atoms with Gasteiger partial charge >= 0.3 is 0 Å². The number of carbonyl (C=O) groups excluding carboxylic acids is 1. The summed E-state index contributed by atoms with van der Waals surface area (Å²) in [7, 11) is 0. The lowest BCUT2D eigenvalue weighted by Crippen LogP contribution is -2.15. The van der Waals surface area contributed by atoms with Gasteiger partial charge in [-0.15, -0.1) is 0 Å². The minimum absolute atomic E-state index is 0.0987. The molecule has 6 nitrogen and oxygen atoms in total. The first kappa shape index (κ1) is 11.1. The fourth-order valence-electron chi connectivity index (χ4n) is 1.39. The van der Waals surface area contributed by atoms with Crippen molar-refractivity contribution in [2.24, 2.45) is 0 Å². The van der Waals surface area contributed by atoms with E-state index in [1.54, 1.807) is 23.1 Å². The van der Waals surface area contributed by atoms with Crippen LogP contribution < -0.4 is 11.1 Å². The molecule has 0 bridgehead atoms. The van der Waals surface area contributed by atoms with Crippen LogP contribution >= 0.6 is 0 Å². The Morgan fingerprint density at radius 1 is 1.41 bits per heavy atom. The minimum atomic E-state index is -0.0987. The number of benzene rings is 1. The fraction of sp³-hybridized carbons (Fsp3) is 0.182. The van der Waals surface area contributed by atoms with Crippen LogP contribution in [0.2, 0.25) is 0 Å². The Kier molecular flexibility index (Phi) is 3.34. The number of aromatic nitrogens is 3. The second kappa shape index (κ2) is 5.11. The lowest BCUT2D eigenvalue weighted by atomic mass is 10.2. The van der Waals surface area contributed by atoms with Crippen LogP contribution in [0, 0.1) is 0 Å². The maximum absolute atomic E-state index is 11.6. The molecule has 1 amide bonds. The zero-order chi connectivity index (χ0) is 12.1. The number of amides is 1. The number of hydrogen-bond donors (Lipinski definition) is 2. The van der Waals surface area contributed by atoms with Crippen LogP contribution in [0.5, 0.6) is 0 Å². The lowest BCUT2D eigenvalue weighted by Gasteiger charge is -2.07. The first-order valence-electron chi connectivity index (χ1n) is 5.22. The summed E-state index contributed by atoms with van der Waals surface area (Å²) in [5.41, 5.74) is 6.91. The zero-order valence-corrected chi connectivity index (χ0v) is 9.21. The second-order valence-corrected chi connectivity index (χ2v) is 3.54. The van der Waals surface area contributed by atoms with E-state index in [4.69, 9.17) is 5.73 Å². The highest BCUT2D eigenvalue weighted by Gasteiger charge is 2.04. The number of aryl methyl sites for hydroxylation is 1. The smallest absolute Gasteiger partial charge is 0.226 e. The molecule has 0 fully saturated rings. The third-order valence-corrected chi connectivity index (χ3v) is 2.27. The van der Waals surface area contributed by atoms with Gasteiger partial charge in [-0.1, -0.05) is 12.1 Å². The lowest BCUT2D eigenvalue weighted by molar-refractivity contribution is -0.116. The molecule has 1 heterocycles. The van der Waals surface area contributed by atoms with E-state index < -0.39 is 0 Å². The van der Waals surface area contributed by atoms with E-state index >= 15 is 0 Å². The first-order valence-corrected chi connectivity index (χ1v) is 5.22. The number of rotatable bonds is 4. The molecule has 1 aromatic carbocycles. The van der Waals surface area contributed by atoms with Gasteiger partial charge in [0.1, 0.15) is 12.7 Å². The number of carbonyl (C=O) groups is 1. The zero-order valence-electron chi connectivity index (χ0n) is 9.21. The van der Waals surface area contributed by atoms with Crippen molar-refractivity contribution in [3.8, 4) is 0 Å². The summed E-state index contributed by atoms with van der Waals surface area (Å²) in [6.45, 7) is 0.499. The Balaban J connectivity index is 1.87. The van der Waals surface area contributed by atoms with E-state index in [1.807, 2.05) is 12.1 Å². The van der Waals surface area contributed by atoms with Crippen LogP contribution in [0.25, 0.3) is 0 Å². The topological polar surface area (TPSA) is 85.8 Å². The third-order valence-electron chi connectivity index (χ3n) is 2.27. The summed E-state index contributed by atoms with van der Waals surface area (Å²) in [5.74, 6) is -0.0987. The van der Waals surface area contributed by atoms with Crippen molar-refractivity contribution in [1.82, 2.24) is 14.8 Å². The molecule has 1 aromatic heterocycles. The average molecular weight is 231 g/mol. The van der Waals surface area contributed by atoms with Crippen LogP contribution in [-0.4, -0.2) is 20.7 Å². The van der Waals surface area contributed by atoms with Crippen molar-refractivity contribution in [1.29, 1.82) is 0 Å². The standard InChI is InChI=1S/C11H13N5O/c12-9-3-1-2-4-10(9)15-11(17)5-6-16-8-13-7-14-16/h1-4,7-8H,5-6,12H2,(H,15,17). The van der Waals surface area contributed by atoms with Crippen LogP contribution in [0.4, 0.5) is 11.4 Å². The number of nitrogen functional groups attached to an aromatic ring is 1. The molecule has 2 aromatic rings. The van der Waals surface area contributed by atoms with Crippen LogP contribution in [0.15, 0.2) is 36.9 Å². The number of nitrogens with one attached hydrogen (secondary N) is 1. The van der Waals surface area contributed by atoms with Crippen molar-refractivity contribution in [3.63, 3.8) is 0 Å². The molecule has 0 saturated heterocycles. The van der Waals surface area contributed by atoms with Gasteiger partial charge in [0.25, 0.3) is 0 Å². The number of nitrogens with two attached hydrogens (primary N) is 1. The van der Waals surface area contributed by atoms with Crippen LogP contribution in [0.1, 0.15) is 6.42 Å². The van der Waals surface area contributed by atoms with E-state index in [0.29, 0.717) is 24.3 Å². The van der Waals surface area contributed by atoms with E-state index in [2.05, 4.69) is 15.4 Å². The summed E-state index contributed by atoms with van der Waals surface area (Å²) in [6.07, 6.45) is 3.34. The van der Waals surface area contributed by atoms with Crippen LogP contribution in [-0.2, 0) is 11.3 Å². The van der Waals surface area contributed by atoms with Crippen molar-refractivity contribution >= 4 is 17.3 Å². The third kappa shape index (κ3) is 3.04. The Labute approximate surface area is 98.5 Å². The molecular weight excluding hydrogens is 218 g/mol.